The van der Waals surface area contributed by atoms with E-state index in [4.69, 9.17) is 4.74 Å². The fourth-order valence-corrected chi connectivity index (χ4v) is 5.58. The van der Waals surface area contributed by atoms with Crippen LogP contribution >= 0.6 is 15.9 Å². The predicted molar refractivity (Wildman–Crippen MR) is 96.6 cm³/mol. The molecule has 5 rings (SSSR count). The Kier molecular flexibility index (Phi) is 3.20. The van der Waals surface area contributed by atoms with Crippen LogP contribution in [0, 0.1) is 29.1 Å². The second kappa shape index (κ2) is 5.19. The van der Waals surface area contributed by atoms with Crippen molar-refractivity contribution in [1.29, 1.82) is 0 Å². The molecule has 1 spiro atoms. The van der Waals surface area contributed by atoms with Crippen molar-refractivity contribution in [1.82, 2.24) is 5.01 Å². The molecule has 1 aromatic carbocycles. The topological polar surface area (TPSA) is 79.2 Å². The summed E-state index contributed by atoms with van der Waals surface area (Å²) in [7, 11) is 1.45. The third kappa shape index (κ3) is 1.89. The molecule has 2 saturated carbocycles. The first-order chi connectivity index (χ1) is 12.5. The lowest BCUT2D eigenvalue weighted by Gasteiger charge is -2.18. The highest BCUT2D eigenvalue weighted by atomic mass is 79.9. The third-order valence-electron chi connectivity index (χ3n) is 6.42. The van der Waals surface area contributed by atoms with Gasteiger partial charge in [0.2, 0.25) is 0 Å². The highest BCUT2D eigenvalue weighted by Crippen LogP contribution is 2.73. The van der Waals surface area contributed by atoms with E-state index in [0.717, 1.165) is 17.9 Å². The van der Waals surface area contributed by atoms with E-state index in [9.17, 15) is 14.7 Å². The van der Waals surface area contributed by atoms with Crippen LogP contribution < -0.4 is 4.74 Å². The van der Waals surface area contributed by atoms with Gasteiger partial charge in [-0.05, 0) is 63.7 Å². The van der Waals surface area contributed by atoms with Gasteiger partial charge in [0, 0.05) is 0 Å². The van der Waals surface area contributed by atoms with Crippen LogP contribution in [-0.2, 0) is 9.59 Å². The smallest absolute Gasteiger partial charge is 0.254 e. The van der Waals surface area contributed by atoms with Gasteiger partial charge in [0.05, 0.1) is 29.6 Å². The van der Waals surface area contributed by atoms with Gasteiger partial charge in [0.15, 0.2) is 11.5 Å². The van der Waals surface area contributed by atoms with E-state index >= 15 is 0 Å². The lowest BCUT2D eigenvalue weighted by molar-refractivity contribution is -0.141. The van der Waals surface area contributed by atoms with E-state index in [2.05, 4.69) is 33.2 Å². The van der Waals surface area contributed by atoms with Gasteiger partial charge in [-0.2, -0.15) is 10.1 Å². The number of carbonyl (C=O) groups is 2. The lowest BCUT2D eigenvalue weighted by Crippen LogP contribution is -2.30. The van der Waals surface area contributed by atoms with Crippen molar-refractivity contribution in [3.05, 3.63) is 34.3 Å². The number of benzene rings is 1. The Bertz CT molecular complexity index is 871. The summed E-state index contributed by atoms with van der Waals surface area (Å²) in [5, 5.41) is 15.1. The van der Waals surface area contributed by atoms with E-state index < -0.39 is 0 Å². The molecule has 3 aliphatic carbocycles. The Morgan fingerprint density at radius 3 is 2.38 bits per heavy atom. The Labute approximate surface area is 158 Å². The molecule has 0 radical (unpaired) electrons. The Morgan fingerprint density at radius 2 is 1.85 bits per heavy atom. The molecule has 1 saturated heterocycles. The van der Waals surface area contributed by atoms with Gasteiger partial charge in [-0.15, -0.1) is 0 Å². The highest BCUT2D eigenvalue weighted by Gasteiger charge is 2.73. The van der Waals surface area contributed by atoms with Gasteiger partial charge in [-0.1, -0.05) is 12.2 Å². The average molecular weight is 417 g/mol. The van der Waals surface area contributed by atoms with Crippen molar-refractivity contribution in [3.63, 3.8) is 0 Å². The molecule has 3 fully saturated rings. The number of imide groups is 1. The predicted octanol–water partition coefficient (Wildman–Crippen LogP) is 2.69. The van der Waals surface area contributed by atoms with Crippen molar-refractivity contribution in [3.8, 4) is 11.5 Å². The second-order valence-corrected chi connectivity index (χ2v) is 8.36. The minimum Gasteiger partial charge on any atom is -0.503 e. The lowest BCUT2D eigenvalue weighted by atomic mass is 9.85. The van der Waals surface area contributed by atoms with E-state index in [1.807, 2.05) is 0 Å². The molecule has 1 aromatic rings. The first-order valence-electron chi connectivity index (χ1n) is 8.64. The van der Waals surface area contributed by atoms with Gasteiger partial charge in [-0.25, -0.2) is 0 Å². The number of fused-ring (bicyclic) bond motifs is 3. The normalized spacial score (nSPS) is 32.9. The summed E-state index contributed by atoms with van der Waals surface area (Å²) >= 11 is 3.25. The number of amides is 2. The average Bonchev–Trinajstić information content (AvgIpc) is 3.23. The molecule has 4 aliphatic rings. The molecule has 0 unspecified atom stereocenters. The molecular formula is C19H17BrN2O4. The van der Waals surface area contributed by atoms with Crippen LogP contribution in [0.1, 0.15) is 18.4 Å². The van der Waals surface area contributed by atoms with Crippen LogP contribution in [0.15, 0.2) is 33.9 Å². The number of rotatable bonds is 3. The SMILES string of the molecule is COc1cc(/C=N\N2C(=O)[C@@H]3[C@H](C2=O)[C@H]2C=C[C@@H]3C23CC3)cc(Br)c1O. The van der Waals surface area contributed by atoms with E-state index in [1.54, 1.807) is 12.1 Å². The zero-order chi connectivity index (χ0) is 18.2. The maximum Gasteiger partial charge on any atom is 0.254 e. The molecule has 1 heterocycles. The third-order valence-corrected chi connectivity index (χ3v) is 7.03. The van der Waals surface area contributed by atoms with E-state index in [1.165, 1.54) is 13.3 Å². The van der Waals surface area contributed by atoms with Crippen LogP contribution in [0.4, 0.5) is 0 Å². The molecule has 26 heavy (non-hydrogen) atoms. The molecule has 1 N–H and O–H groups in total. The number of hydrogen-bond donors (Lipinski definition) is 1. The first kappa shape index (κ1) is 16.1. The van der Waals surface area contributed by atoms with Crippen LogP contribution in [0.5, 0.6) is 11.5 Å². The minimum absolute atomic E-state index is 0.00936. The van der Waals surface area contributed by atoms with Crippen LogP contribution in [-0.4, -0.2) is 35.3 Å². The van der Waals surface area contributed by atoms with Crippen LogP contribution in [0.3, 0.4) is 0 Å². The number of phenols is 1. The number of phenolic OH excluding ortho intramolecular Hbond substituents is 1. The van der Waals surface area contributed by atoms with Crippen LogP contribution in [0.2, 0.25) is 0 Å². The number of aromatic hydroxyl groups is 1. The standard InChI is InChI=1S/C19H17BrN2O4/c1-26-13-7-9(6-12(20)16(13)23)8-21-22-17(24)14-10-2-3-11(15(14)18(22)25)19(10)4-5-19/h2-3,6-8,10-11,14-15,23H,4-5H2,1H3/b21-8-/t10-,11+,14-,15+. The summed E-state index contributed by atoms with van der Waals surface area (Å²) in [6, 6.07) is 3.25. The molecule has 2 amide bonds. The molecule has 4 atom stereocenters. The minimum atomic E-state index is -0.252. The van der Waals surface area contributed by atoms with Crippen molar-refractivity contribution in [2.45, 2.75) is 12.8 Å². The second-order valence-electron chi connectivity index (χ2n) is 7.51. The number of methoxy groups -OCH3 is 1. The summed E-state index contributed by atoms with van der Waals surface area (Å²) in [5.74, 6) is -0.224. The zero-order valence-electron chi connectivity index (χ0n) is 14.1. The number of ether oxygens (including phenoxy) is 1. The van der Waals surface area contributed by atoms with E-state index in [0.29, 0.717) is 10.0 Å². The molecule has 7 heteroatoms. The molecule has 134 valence electrons. The first-order valence-corrected chi connectivity index (χ1v) is 9.44. The quantitative estimate of drug-likeness (QED) is 0.466. The van der Waals surface area contributed by atoms with Crippen molar-refractivity contribution >= 4 is 34.0 Å². The maximum atomic E-state index is 12.9. The Hall–Kier alpha value is -2.15. The maximum absolute atomic E-state index is 12.9. The number of hydrazone groups is 1. The molecule has 6 nitrogen and oxygen atoms in total. The molecule has 1 aliphatic heterocycles. The number of halogens is 1. The van der Waals surface area contributed by atoms with Crippen molar-refractivity contribution < 1.29 is 19.4 Å². The largest absolute Gasteiger partial charge is 0.503 e. The van der Waals surface area contributed by atoms with Gasteiger partial charge < -0.3 is 9.84 Å². The summed E-state index contributed by atoms with van der Waals surface area (Å²) in [4.78, 5) is 25.7. The van der Waals surface area contributed by atoms with Gasteiger partial charge in [0.1, 0.15) is 0 Å². The van der Waals surface area contributed by atoms with Gasteiger partial charge in [0.25, 0.3) is 11.8 Å². The van der Waals surface area contributed by atoms with Gasteiger partial charge in [-0.3, -0.25) is 9.59 Å². The van der Waals surface area contributed by atoms with Gasteiger partial charge >= 0.3 is 0 Å². The van der Waals surface area contributed by atoms with Crippen molar-refractivity contribution in [2.75, 3.05) is 7.11 Å². The van der Waals surface area contributed by atoms with Crippen LogP contribution in [0.25, 0.3) is 0 Å². The fourth-order valence-electron chi connectivity index (χ4n) is 5.12. The van der Waals surface area contributed by atoms with E-state index in [-0.39, 0.29) is 52.4 Å². The fraction of sp³-hybridized carbons (Fsp3) is 0.421. The Morgan fingerprint density at radius 1 is 1.23 bits per heavy atom. The number of nitrogens with zero attached hydrogens (tertiary/aromatic N) is 2. The summed E-state index contributed by atoms with van der Waals surface area (Å²) in [6.07, 6.45) is 7.96. The number of allylic oxidation sites excluding steroid dienone is 2. The Balaban J connectivity index is 1.43. The summed E-state index contributed by atoms with van der Waals surface area (Å²) < 4.78 is 5.56. The highest BCUT2D eigenvalue weighted by molar-refractivity contribution is 9.10. The summed E-state index contributed by atoms with van der Waals surface area (Å²) in [6.45, 7) is 0. The molecule has 2 bridgehead atoms. The molecular weight excluding hydrogens is 400 g/mol. The number of hydrogen-bond acceptors (Lipinski definition) is 5. The molecule has 0 aromatic heterocycles. The zero-order valence-corrected chi connectivity index (χ0v) is 15.6. The summed E-state index contributed by atoms with van der Waals surface area (Å²) in [5.41, 5.74) is 0.801. The number of carbonyl (C=O) groups excluding carboxylic acids is 2. The van der Waals surface area contributed by atoms with Crippen molar-refractivity contribution in [2.24, 2.45) is 34.2 Å². The monoisotopic (exact) mass is 416 g/mol.